The van der Waals surface area contributed by atoms with Crippen LogP contribution in [0.1, 0.15) is 11.4 Å². The van der Waals surface area contributed by atoms with Crippen molar-refractivity contribution in [3.63, 3.8) is 0 Å². The summed E-state index contributed by atoms with van der Waals surface area (Å²) >= 11 is 0. The topological polar surface area (TPSA) is 70.1 Å². The second-order valence-electron chi connectivity index (χ2n) is 2.99. The Kier molecular flexibility index (Phi) is 3.64. The van der Waals surface area contributed by atoms with Crippen LogP contribution >= 0.6 is 0 Å². The summed E-state index contributed by atoms with van der Waals surface area (Å²) in [6.07, 6.45) is 0. The summed E-state index contributed by atoms with van der Waals surface area (Å²) in [5, 5.41) is 14.7. The number of hydrogen-bond acceptors (Lipinski definition) is 5. The van der Waals surface area contributed by atoms with Crippen LogP contribution in [0.3, 0.4) is 0 Å². The van der Waals surface area contributed by atoms with Gasteiger partial charge < -0.3 is 15.7 Å². The standard InChI is InChI=1S/C9H16N4O/c1-6-8(10-3)12-7(2)13-9(6)11-4-5-14/h14H,4-5H2,1-3H3,(H2,10,11,12,13). The molecule has 0 aliphatic rings. The molecule has 3 N–H and O–H groups in total. The highest BCUT2D eigenvalue weighted by molar-refractivity contribution is 5.56. The lowest BCUT2D eigenvalue weighted by atomic mass is 10.3. The third-order valence-corrected chi connectivity index (χ3v) is 1.90. The van der Waals surface area contributed by atoms with Gasteiger partial charge in [0.15, 0.2) is 0 Å². The molecule has 0 aromatic carbocycles. The summed E-state index contributed by atoms with van der Waals surface area (Å²) in [6.45, 7) is 4.37. The van der Waals surface area contributed by atoms with Gasteiger partial charge in [-0.3, -0.25) is 0 Å². The van der Waals surface area contributed by atoms with E-state index in [1.165, 1.54) is 0 Å². The van der Waals surface area contributed by atoms with E-state index in [4.69, 9.17) is 5.11 Å². The highest BCUT2D eigenvalue weighted by atomic mass is 16.3. The van der Waals surface area contributed by atoms with Crippen molar-refractivity contribution in [1.29, 1.82) is 0 Å². The van der Waals surface area contributed by atoms with Gasteiger partial charge in [0.2, 0.25) is 0 Å². The van der Waals surface area contributed by atoms with Gasteiger partial charge in [-0.05, 0) is 13.8 Å². The van der Waals surface area contributed by atoms with Crippen LogP contribution in [0.2, 0.25) is 0 Å². The maximum absolute atomic E-state index is 8.69. The Bertz CT molecular complexity index is 314. The van der Waals surface area contributed by atoms with Gasteiger partial charge in [-0.15, -0.1) is 0 Å². The van der Waals surface area contributed by atoms with Crippen molar-refractivity contribution >= 4 is 11.6 Å². The molecule has 1 heterocycles. The first-order valence-electron chi connectivity index (χ1n) is 4.56. The monoisotopic (exact) mass is 196 g/mol. The van der Waals surface area contributed by atoms with Crippen molar-refractivity contribution in [3.05, 3.63) is 11.4 Å². The molecule has 1 rings (SSSR count). The first kappa shape index (κ1) is 10.7. The summed E-state index contributed by atoms with van der Waals surface area (Å²) in [7, 11) is 1.82. The van der Waals surface area contributed by atoms with Crippen LogP contribution in [-0.2, 0) is 0 Å². The number of rotatable bonds is 4. The Morgan fingerprint density at radius 1 is 1.21 bits per heavy atom. The van der Waals surface area contributed by atoms with Gasteiger partial charge >= 0.3 is 0 Å². The highest BCUT2D eigenvalue weighted by Gasteiger charge is 2.06. The van der Waals surface area contributed by atoms with E-state index in [2.05, 4.69) is 20.6 Å². The van der Waals surface area contributed by atoms with Crippen LogP contribution in [0.4, 0.5) is 11.6 Å². The average Bonchev–Trinajstić information content (AvgIpc) is 2.18. The zero-order valence-electron chi connectivity index (χ0n) is 8.76. The Hall–Kier alpha value is -1.36. The number of aryl methyl sites for hydroxylation is 1. The molecule has 0 fully saturated rings. The maximum Gasteiger partial charge on any atom is 0.134 e. The quantitative estimate of drug-likeness (QED) is 0.655. The van der Waals surface area contributed by atoms with Crippen LogP contribution in [0, 0.1) is 13.8 Å². The molecule has 14 heavy (non-hydrogen) atoms. The van der Waals surface area contributed by atoms with Crippen LogP contribution in [0.15, 0.2) is 0 Å². The number of aliphatic hydroxyl groups excluding tert-OH is 1. The Labute approximate surface area is 83.6 Å². The third kappa shape index (κ3) is 2.32. The number of nitrogens with zero attached hydrogens (tertiary/aromatic N) is 2. The van der Waals surface area contributed by atoms with E-state index in [1.54, 1.807) is 0 Å². The largest absolute Gasteiger partial charge is 0.395 e. The molecule has 78 valence electrons. The minimum Gasteiger partial charge on any atom is -0.395 e. The van der Waals surface area contributed by atoms with E-state index in [0.29, 0.717) is 12.4 Å². The van der Waals surface area contributed by atoms with Crippen molar-refractivity contribution in [1.82, 2.24) is 9.97 Å². The van der Waals surface area contributed by atoms with Gasteiger partial charge in [0.05, 0.1) is 6.61 Å². The van der Waals surface area contributed by atoms with Crippen molar-refractivity contribution in [2.24, 2.45) is 0 Å². The second kappa shape index (κ2) is 4.76. The molecule has 1 aromatic rings. The molecule has 0 radical (unpaired) electrons. The molecule has 0 saturated carbocycles. The van der Waals surface area contributed by atoms with Crippen molar-refractivity contribution < 1.29 is 5.11 Å². The molecular weight excluding hydrogens is 180 g/mol. The summed E-state index contributed by atoms with van der Waals surface area (Å²) in [5.74, 6) is 2.30. The molecule has 5 nitrogen and oxygen atoms in total. The third-order valence-electron chi connectivity index (χ3n) is 1.90. The summed E-state index contributed by atoms with van der Waals surface area (Å²) in [5.41, 5.74) is 0.964. The second-order valence-corrected chi connectivity index (χ2v) is 2.99. The number of anilines is 2. The zero-order valence-corrected chi connectivity index (χ0v) is 8.76. The maximum atomic E-state index is 8.69. The SMILES string of the molecule is CNc1nc(C)nc(NCCO)c1C. The molecule has 0 atom stereocenters. The summed E-state index contributed by atoms with van der Waals surface area (Å²) < 4.78 is 0. The number of aliphatic hydroxyl groups is 1. The summed E-state index contributed by atoms with van der Waals surface area (Å²) in [6, 6.07) is 0. The fourth-order valence-electron chi connectivity index (χ4n) is 1.22. The minimum atomic E-state index is 0.0946. The van der Waals surface area contributed by atoms with Crippen LogP contribution in [0.25, 0.3) is 0 Å². The lowest BCUT2D eigenvalue weighted by Crippen LogP contribution is -2.11. The average molecular weight is 196 g/mol. The van der Waals surface area contributed by atoms with Crippen LogP contribution < -0.4 is 10.6 Å². The van der Waals surface area contributed by atoms with E-state index >= 15 is 0 Å². The highest BCUT2D eigenvalue weighted by Crippen LogP contribution is 2.18. The van der Waals surface area contributed by atoms with Crippen LogP contribution in [-0.4, -0.2) is 35.3 Å². The first-order valence-corrected chi connectivity index (χ1v) is 4.56. The van der Waals surface area contributed by atoms with Gasteiger partial charge in [-0.1, -0.05) is 0 Å². The molecule has 1 aromatic heterocycles. The molecule has 0 bridgehead atoms. The van der Waals surface area contributed by atoms with E-state index in [9.17, 15) is 0 Å². The Balaban J connectivity index is 2.96. The van der Waals surface area contributed by atoms with E-state index in [1.807, 2.05) is 20.9 Å². The van der Waals surface area contributed by atoms with Crippen molar-refractivity contribution in [2.75, 3.05) is 30.8 Å². The molecule has 0 unspecified atom stereocenters. The molecule has 5 heteroatoms. The normalized spacial score (nSPS) is 10.0. The predicted molar refractivity (Wildman–Crippen MR) is 56.6 cm³/mol. The molecule has 0 aliphatic heterocycles. The number of aromatic nitrogens is 2. The lowest BCUT2D eigenvalue weighted by Gasteiger charge is -2.11. The lowest BCUT2D eigenvalue weighted by molar-refractivity contribution is 0.311. The van der Waals surface area contributed by atoms with Gasteiger partial charge in [0.25, 0.3) is 0 Å². The fraction of sp³-hybridized carbons (Fsp3) is 0.556. The molecular formula is C9H16N4O. The van der Waals surface area contributed by atoms with Crippen molar-refractivity contribution in [3.8, 4) is 0 Å². The molecule has 0 amide bonds. The number of nitrogens with one attached hydrogen (secondary N) is 2. The van der Waals surface area contributed by atoms with Gasteiger partial charge in [0.1, 0.15) is 17.5 Å². The first-order chi connectivity index (χ1) is 6.69. The van der Waals surface area contributed by atoms with E-state index < -0.39 is 0 Å². The molecule has 0 aliphatic carbocycles. The molecule has 0 spiro atoms. The molecule has 0 saturated heterocycles. The number of hydrogen-bond donors (Lipinski definition) is 3. The Morgan fingerprint density at radius 3 is 2.43 bits per heavy atom. The fourth-order valence-corrected chi connectivity index (χ4v) is 1.22. The van der Waals surface area contributed by atoms with Crippen molar-refractivity contribution in [2.45, 2.75) is 13.8 Å². The zero-order chi connectivity index (χ0) is 10.6. The van der Waals surface area contributed by atoms with E-state index in [0.717, 1.165) is 17.2 Å². The van der Waals surface area contributed by atoms with E-state index in [-0.39, 0.29) is 6.61 Å². The Morgan fingerprint density at radius 2 is 1.86 bits per heavy atom. The van der Waals surface area contributed by atoms with Gasteiger partial charge in [0, 0.05) is 19.2 Å². The summed E-state index contributed by atoms with van der Waals surface area (Å²) in [4.78, 5) is 8.48. The van der Waals surface area contributed by atoms with Gasteiger partial charge in [-0.2, -0.15) is 0 Å². The minimum absolute atomic E-state index is 0.0946. The predicted octanol–water partition coefficient (Wildman–Crippen LogP) is 0.539. The van der Waals surface area contributed by atoms with Crippen LogP contribution in [0.5, 0.6) is 0 Å². The van der Waals surface area contributed by atoms with Gasteiger partial charge in [-0.25, -0.2) is 9.97 Å². The smallest absolute Gasteiger partial charge is 0.134 e.